The Hall–Kier alpha value is -3.05. The molecule has 0 saturated carbocycles. The topological polar surface area (TPSA) is 95.2 Å². The van der Waals surface area contributed by atoms with Gasteiger partial charge in [-0.1, -0.05) is 11.6 Å². The first-order valence-electron chi connectivity index (χ1n) is 8.74. The zero-order valence-electron chi connectivity index (χ0n) is 16.5. The Morgan fingerprint density at radius 3 is 2.47 bits per heavy atom. The van der Waals surface area contributed by atoms with Crippen LogP contribution in [0.5, 0.6) is 11.5 Å². The summed E-state index contributed by atoms with van der Waals surface area (Å²) in [5.41, 5.74) is 2.92. The minimum atomic E-state index is -4.97. The van der Waals surface area contributed by atoms with Gasteiger partial charge in [0.15, 0.2) is 0 Å². The number of nitrogens with two attached hydrogens (primary N) is 1. The molecule has 32 heavy (non-hydrogen) atoms. The molecule has 1 amide bonds. The Morgan fingerprint density at radius 1 is 1.22 bits per heavy atom. The Labute approximate surface area is 186 Å². The van der Waals surface area contributed by atoms with Crippen LogP contribution in [0.3, 0.4) is 0 Å². The summed E-state index contributed by atoms with van der Waals surface area (Å²) in [5, 5.41) is -0.805. The average molecular weight is 488 g/mol. The molecule has 0 radical (unpaired) electrons. The molecule has 0 bridgehead atoms. The average Bonchev–Trinajstić information content (AvgIpc) is 2.69. The standard InChI is InChI=1S/C20H14ClF4N3O3S/c1-9-13(3-4-14(22)28-9)31-18-11(19(26)29)8-12(21)17(20(23,24)25)16(18)10-5-6-27-15(7-10)32(2)30/h3-8H,1-2H3,(H2,26,29). The van der Waals surface area contributed by atoms with E-state index >= 15 is 0 Å². The number of primary amides is 1. The van der Waals surface area contributed by atoms with E-state index in [2.05, 4.69) is 9.97 Å². The van der Waals surface area contributed by atoms with Crippen LogP contribution in [0.15, 0.2) is 41.6 Å². The third-order valence-corrected chi connectivity index (χ3v) is 5.42. The van der Waals surface area contributed by atoms with Crippen LogP contribution < -0.4 is 10.5 Å². The highest BCUT2D eigenvalue weighted by atomic mass is 35.5. The van der Waals surface area contributed by atoms with Gasteiger partial charge in [-0.25, -0.2) is 9.97 Å². The molecular weight excluding hydrogens is 474 g/mol. The van der Waals surface area contributed by atoms with E-state index < -0.39 is 56.3 Å². The molecule has 2 heterocycles. The summed E-state index contributed by atoms with van der Waals surface area (Å²) in [5.74, 6) is -2.62. The zero-order valence-corrected chi connectivity index (χ0v) is 18.0. The normalized spacial score (nSPS) is 12.5. The fourth-order valence-electron chi connectivity index (χ4n) is 2.93. The number of rotatable bonds is 5. The third-order valence-electron chi connectivity index (χ3n) is 4.31. The summed E-state index contributed by atoms with van der Waals surface area (Å²) in [6.45, 7) is 1.37. The quantitative estimate of drug-likeness (QED) is 0.408. The monoisotopic (exact) mass is 487 g/mol. The largest absolute Gasteiger partial charge is 0.454 e. The Bertz CT molecular complexity index is 1250. The highest BCUT2D eigenvalue weighted by molar-refractivity contribution is 7.84. The van der Waals surface area contributed by atoms with Crippen LogP contribution in [-0.4, -0.2) is 26.3 Å². The first kappa shape index (κ1) is 23.6. The number of aryl methyl sites for hydroxylation is 1. The molecule has 0 aliphatic carbocycles. The lowest BCUT2D eigenvalue weighted by atomic mass is 9.95. The van der Waals surface area contributed by atoms with Gasteiger partial charge >= 0.3 is 6.18 Å². The van der Waals surface area contributed by atoms with Crippen LogP contribution in [0, 0.1) is 12.9 Å². The molecule has 0 fully saturated rings. The van der Waals surface area contributed by atoms with Crippen molar-refractivity contribution in [1.82, 2.24) is 9.97 Å². The van der Waals surface area contributed by atoms with Crippen molar-refractivity contribution in [1.29, 1.82) is 0 Å². The molecule has 168 valence electrons. The predicted molar refractivity (Wildman–Crippen MR) is 110 cm³/mol. The maximum atomic E-state index is 14.0. The maximum absolute atomic E-state index is 14.0. The van der Waals surface area contributed by atoms with Gasteiger partial charge in [0.2, 0.25) is 5.95 Å². The molecule has 1 unspecified atom stereocenters. The van der Waals surface area contributed by atoms with E-state index in [1.807, 2.05) is 0 Å². The highest BCUT2D eigenvalue weighted by Gasteiger charge is 2.40. The van der Waals surface area contributed by atoms with Gasteiger partial charge < -0.3 is 10.5 Å². The summed E-state index contributed by atoms with van der Waals surface area (Å²) in [7, 11) is -1.62. The Kier molecular flexibility index (Phi) is 6.51. The first-order chi connectivity index (χ1) is 14.9. The van der Waals surface area contributed by atoms with E-state index in [0.717, 1.165) is 30.5 Å². The molecule has 2 N–H and O–H groups in total. The molecule has 2 aromatic heterocycles. The highest BCUT2D eigenvalue weighted by Crippen LogP contribution is 2.49. The number of benzene rings is 1. The van der Waals surface area contributed by atoms with Gasteiger partial charge in [-0.15, -0.1) is 0 Å². The Morgan fingerprint density at radius 2 is 1.91 bits per heavy atom. The number of pyridine rings is 2. The van der Waals surface area contributed by atoms with E-state index in [0.29, 0.717) is 0 Å². The molecule has 0 spiro atoms. The van der Waals surface area contributed by atoms with Crippen molar-refractivity contribution in [2.24, 2.45) is 5.73 Å². The third kappa shape index (κ3) is 4.73. The summed E-state index contributed by atoms with van der Waals surface area (Å²) in [4.78, 5) is 19.5. The van der Waals surface area contributed by atoms with E-state index in [9.17, 15) is 26.6 Å². The van der Waals surface area contributed by atoms with Gasteiger partial charge in [-0.05, 0) is 42.8 Å². The van der Waals surface area contributed by atoms with Crippen LogP contribution in [0.1, 0.15) is 21.6 Å². The van der Waals surface area contributed by atoms with Crippen molar-refractivity contribution < 1.29 is 31.3 Å². The summed E-state index contributed by atoms with van der Waals surface area (Å²) in [6.07, 6.45) is -2.51. The van der Waals surface area contributed by atoms with Crippen LogP contribution in [0.2, 0.25) is 5.02 Å². The number of ether oxygens (including phenoxy) is 1. The maximum Gasteiger partial charge on any atom is 0.418 e. The first-order valence-corrected chi connectivity index (χ1v) is 10.7. The van der Waals surface area contributed by atoms with E-state index in [4.69, 9.17) is 22.1 Å². The second-order valence-corrected chi connectivity index (χ2v) is 8.24. The predicted octanol–water partition coefficient (Wildman–Crippen LogP) is 4.89. The zero-order chi connectivity index (χ0) is 23.8. The van der Waals surface area contributed by atoms with Gasteiger partial charge in [-0.2, -0.15) is 17.6 Å². The number of alkyl halides is 3. The summed E-state index contributed by atoms with van der Waals surface area (Å²) in [6, 6.07) is 5.21. The van der Waals surface area contributed by atoms with Gasteiger partial charge in [0.05, 0.1) is 32.6 Å². The van der Waals surface area contributed by atoms with Crippen LogP contribution in [-0.2, 0) is 17.0 Å². The molecule has 1 atom stereocenters. The van der Waals surface area contributed by atoms with Crippen molar-refractivity contribution in [2.45, 2.75) is 18.1 Å². The van der Waals surface area contributed by atoms with Crippen molar-refractivity contribution in [3.8, 4) is 22.6 Å². The molecule has 6 nitrogen and oxygen atoms in total. The van der Waals surface area contributed by atoms with E-state index in [-0.39, 0.29) is 22.0 Å². The van der Waals surface area contributed by atoms with Crippen LogP contribution in [0.25, 0.3) is 11.1 Å². The number of hydrogen-bond donors (Lipinski definition) is 1. The second kappa shape index (κ2) is 8.83. The fourth-order valence-corrected chi connectivity index (χ4v) is 3.74. The lowest BCUT2D eigenvalue weighted by Crippen LogP contribution is -2.17. The smallest absolute Gasteiger partial charge is 0.418 e. The van der Waals surface area contributed by atoms with Gasteiger partial charge in [0, 0.05) is 18.0 Å². The second-order valence-electron chi connectivity index (χ2n) is 6.50. The minimum absolute atomic E-state index is 0.0122. The van der Waals surface area contributed by atoms with E-state index in [1.54, 1.807) is 0 Å². The van der Waals surface area contributed by atoms with Gasteiger partial charge in [0.25, 0.3) is 5.91 Å². The number of carbonyl (C=O) groups is 1. The number of amides is 1. The number of hydrogen-bond acceptors (Lipinski definition) is 5. The SMILES string of the molecule is Cc1nc(F)ccc1Oc1c(C(N)=O)cc(Cl)c(C(F)(F)F)c1-c1ccnc(S(C)=O)c1. The number of aromatic nitrogens is 2. The number of carbonyl (C=O) groups excluding carboxylic acids is 1. The summed E-state index contributed by atoms with van der Waals surface area (Å²) < 4.78 is 73.0. The number of nitrogens with zero attached hydrogens (tertiary/aromatic N) is 2. The van der Waals surface area contributed by atoms with Gasteiger partial charge in [-0.3, -0.25) is 9.00 Å². The van der Waals surface area contributed by atoms with E-state index in [1.165, 1.54) is 19.2 Å². The molecule has 3 aromatic rings. The molecule has 3 rings (SSSR count). The molecular formula is C20H14ClF4N3O3S. The molecule has 0 aliphatic rings. The molecule has 12 heteroatoms. The van der Waals surface area contributed by atoms with Crippen molar-refractivity contribution >= 4 is 28.3 Å². The Balaban J connectivity index is 2.43. The molecule has 1 aromatic carbocycles. The van der Waals surface area contributed by atoms with Crippen LogP contribution >= 0.6 is 11.6 Å². The minimum Gasteiger partial charge on any atom is -0.454 e. The molecule has 0 saturated heterocycles. The van der Waals surface area contributed by atoms with Crippen molar-refractivity contribution in [2.75, 3.05) is 6.26 Å². The van der Waals surface area contributed by atoms with Crippen molar-refractivity contribution in [3.05, 3.63) is 64.3 Å². The lowest BCUT2D eigenvalue weighted by molar-refractivity contribution is -0.137. The van der Waals surface area contributed by atoms with Crippen LogP contribution in [0.4, 0.5) is 17.6 Å². The lowest BCUT2D eigenvalue weighted by Gasteiger charge is -2.21. The summed E-state index contributed by atoms with van der Waals surface area (Å²) >= 11 is 5.92. The molecule has 0 aliphatic heterocycles. The fraction of sp³-hybridized carbons (Fsp3) is 0.150. The van der Waals surface area contributed by atoms with Gasteiger partial charge in [0.1, 0.15) is 16.5 Å². The van der Waals surface area contributed by atoms with Crippen molar-refractivity contribution in [3.63, 3.8) is 0 Å². The number of halogens is 5.